The number of hydrogen-bond donors (Lipinski definition) is 1. The second kappa shape index (κ2) is 18.3. The molecular formula is C23H46NO. The Bertz CT molecular complexity index is 284. The minimum Gasteiger partial charge on any atom is -0.353 e. The van der Waals surface area contributed by atoms with E-state index in [1.807, 2.05) is 0 Å². The first-order valence-corrected chi connectivity index (χ1v) is 11.2. The number of carbonyl (C=O) groups excluding carboxylic acids is 1. The van der Waals surface area contributed by atoms with Crippen LogP contribution in [-0.2, 0) is 4.79 Å². The first-order chi connectivity index (χ1) is 12.1. The van der Waals surface area contributed by atoms with Crippen LogP contribution in [0.1, 0.15) is 124 Å². The van der Waals surface area contributed by atoms with Crippen molar-refractivity contribution >= 4 is 5.91 Å². The van der Waals surface area contributed by atoms with Gasteiger partial charge in [0.15, 0.2) is 0 Å². The molecule has 1 N–H and O–H groups in total. The SMILES string of the molecule is [CH2]CC(CC)NC(=O)CCCCCCCCCCCCCCC(C)C. The highest BCUT2D eigenvalue weighted by Crippen LogP contribution is 2.14. The summed E-state index contributed by atoms with van der Waals surface area (Å²) in [6.07, 6.45) is 20.0. The van der Waals surface area contributed by atoms with E-state index in [2.05, 4.69) is 33.0 Å². The lowest BCUT2D eigenvalue weighted by molar-refractivity contribution is -0.121. The molecule has 0 heterocycles. The fraction of sp³-hybridized carbons (Fsp3) is 0.913. The zero-order valence-corrected chi connectivity index (χ0v) is 17.6. The molecule has 0 saturated heterocycles. The topological polar surface area (TPSA) is 29.1 Å². The Kier molecular flexibility index (Phi) is 17.9. The summed E-state index contributed by atoms with van der Waals surface area (Å²) in [6, 6.07) is 0.266. The second-order valence-electron chi connectivity index (χ2n) is 8.14. The van der Waals surface area contributed by atoms with Crippen LogP contribution in [0.3, 0.4) is 0 Å². The van der Waals surface area contributed by atoms with Crippen LogP contribution in [0.5, 0.6) is 0 Å². The summed E-state index contributed by atoms with van der Waals surface area (Å²) >= 11 is 0. The molecule has 149 valence electrons. The van der Waals surface area contributed by atoms with Crippen molar-refractivity contribution in [2.24, 2.45) is 5.92 Å². The van der Waals surface area contributed by atoms with E-state index < -0.39 is 0 Å². The molecule has 0 aliphatic heterocycles. The molecule has 1 amide bonds. The summed E-state index contributed by atoms with van der Waals surface area (Å²) in [5.74, 6) is 1.08. The second-order valence-corrected chi connectivity index (χ2v) is 8.14. The van der Waals surface area contributed by atoms with Gasteiger partial charge in [-0.1, -0.05) is 105 Å². The Morgan fingerprint density at radius 1 is 0.800 bits per heavy atom. The zero-order chi connectivity index (χ0) is 18.8. The predicted octanol–water partition coefficient (Wildman–Crippen LogP) is 7.22. The zero-order valence-electron chi connectivity index (χ0n) is 17.6. The largest absolute Gasteiger partial charge is 0.353 e. The maximum atomic E-state index is 11.8. The quantitative estimate of drug-likeness (QED) is 0.259. The lowest BCUT2D eigenvalue weighted by Crippen LogP contribution is -2.33. The molecule has 0 aromatic heterocycles. The van der Waals surface area contributed by atoms with E-state index in [9.17, 15) is 4.79 Å². The molecule has 0 fully saturated rings. The average Bonchev–Trinajstić information content (AvgIpc) is 2.59. The molecule has 0 aliphatic rings. The lowest BCUT2D eigenvalue weighted by Gasteiger charge is -2.14. The molecule has 0 spiro atoms. The van der Waals surface area contributed by atoms with Gasteiger partial charge >= 0.3 is 0 Å². The average molecular weight is 353 g/mol. The van der Waals surface area contributed by atoms with E-state index in [1.165, 1.54) is 77.0 Å². The molecule has 1 atom stereocenters. The van der Waals surface area contributed by atoms with Crippen molar-refractivity contribution in [2.45, 2.75) is 130 Å². The molecule has 1 unspecified atom stereocenters. The third-order valence-electron chi connectivity index (χ3n) is 5.14. The fourth-order valence-corrected chi connectivity index (χ4v) is 3.28. The summed E-state index contributed by atoms with van der Waals surface area (Å²) < 4.78 is 0. The van der Waals surface area contributed by atoms with Gasteiger partial charge in [-0.3, -0.25) is 4.79 Å². The minimum absolute atomic E-state index is 0.212. The number of amides is 1. The normalized spacial score (nSPS) is 11.4. The van der Waals surface area contributed by atoms with Crippen molar-refractivity contribution < 1.29 is 4.79 Å². The van der Waals surface area contributed by atoms with Gasteiger partial charge in [0.2, 0.25) is 5.91 Å². The highest BCUT2D eigenvalue weighted by Gasteiger charge is 2.07. The van der Waals surface area contributed by atoms with Crippen molar-refractivity contribution in [3.8, 4) is 0 Å². The number of rotatable bonds is 18. The van der Waals surface area contributed by atoms with Crippen LogP contribution in [0.15, 0.2) is 0 Å². The molecule has 0 aromatic carbocycles. The Hall–Kier alpha value is -0.530. The molecule has 0 aliphatic carbocycles. The Balaban J connectivity index is 3.20. The molecular weight excluding hydrogens is 306 g/mol. The molecule has 0 saturated carbocycles. The Labute approximate surface area is 158 Å². The van der Waals surface area contributed by atoms with E-state index in [0.29, 0.717) is 6.42 Å². The monoisotopic (exact) mass is 352 g/mol. The van der Waals surface area contributed by atoms with Crippen molar-refractivity contribution in [1.29, 1.82) is 0 Å². The van der Waals surface area contributed by atoms with E-state index >= 15 is 0 Å². The van der Waals surface area contributed by atoms with E-state index in [4.69, 9.17) is 0 Å². The van der Waals surface area contributed by atoms with Crippen molar-refractivity contribution in [3.63, 3.8) is 0 Å². The van der Waals surface area contributed by atoms with Gasteiger partial charge in [0, 0.05) is 12.5 Å². The van der Waals surface area contributed by atoms with E-state index in [0.717, 1.165) is 25.2 Å². The Morgan fingerprint density at radius 2 is 1.24 bits per heavy atom. The van der Waals surface area contributed by atoms with Crippen LogP contribution in [-0.4, -0.2) is 11.9 Å². The summed E-state index contributed by atoms with van der Waals surface area (Å²) in [5, 5.41) is 3.06. The molecule has 0 bridgehead atoms. The van der Waals surface area contributed by atoms with Gasteiger partial charge in [-0.25, -0.2) is 0 Å². The van der Waals surface area contributed by atoms with Gasteiger partial charge in [-0.2, -0.15) is 0 Å². The first-order valence-electron chi connectivity index (χ1n) is 11.2. The van der Waals surface area contributed by atoms with Crippen LogP contribution in [0.25, 0.3) is 0 Å². The Morgan fingerprint density at radius 3 is 1.64 bits per heavy atom. The van der Waals surface area contributed by atoms with Gasteiger partial charge in [0.25, 0.3) is 0 Å². The van der Waals surface area contributed by atoms with Gasteiger partial charge in [0.1, 0.15) is 0 Å². The highest BCUT2D eigenvalue weighted by atomic mass is 16.1. The lowest BCUT2D eigenvalue weighted by atomic mass is 10.0. The molecule has 0 rings (SSSR count). The van der Waals surface area contributed by atoms with Gasteiger partial charge in [0.05, 0.1) is 0 Å². The van der Waals surface area contributed by atoms with Gasteiger partial charge in [-0.05, 0) is 25.2 Å². The number of nitrogens with one attached hydrogen (secondary N) is 1. The third-order valence-corrected chi connectivity index (χ3v) is 5.14. The fourth-order valence-electron chi connectivity index (χ4n) is 3.28. The summed E-state index contributed by atoms with van der Waals surface area (Å²) in [6.45, 7) is 10.6. The number of hydrogen-bond acceptors (Lipinski definition) is 1. The van der Waals surface area contributed by atoms with Crippen LogP contribution in [0.2, 0.25) is 0 Å². The summed E-state index contributed by atoms with van der Waals surface area (Å²) in [7, 11) is 0. The summed E-state index contributed by atoms with van der Waals surface area (Å²) in [4.78, 5) is 11.8. The molecule has 1 radical (unpaired) electrons. The van der Waals surface area contributed by atoms with Crippen molar-refractivity contribution in [1.82, 2.24) is 5.32 Å². The van der Waals surface area contributed by atoms with Crippen LogP contribution < -0.4 is 5.32 Å². The molecule has 25 heavy (non-hydrogen) atoms. The molecule has 0 aromatic rings. The maximum absolute atomic E-state index is 11.8. The van der Waals surface area contributed by atoms with E-state index in [1.54, 1.807) is 0 Å². The van der Waals surface area contributed by atoms with Crippen molar-refractivity contribution in [2.75, 3.05) is 0 Å². The minimum atomic E-state index is 0.212. The van der Waals surface area contributed by atoms with Crippen LogP contribution >= 0.6 is 0 Å². The smallest absolute Gasteiger partial charge is 0.220 e. The van der Waals surface area contributed by atoms with Gasteiger partial charge < -0.3 is 5.32 Å². The predicted molar refractivity (Wildman–Crippen MR) is 112 cm³/mol. The maximum Gasteiger partial charge on any atom is 0.220 e. The third kappa shape index (κ3) is 18.1. The van der Waals surface area contributed by atoms with Crippen LogP contribution in [0, 0.1) is 12.8 Å². The molecule has 2 nitrogen and oxygen atoms in total. The van der Waals surface area contributed by atoms with Gasteiger partial charge in [-0.15, -0.1) is 0 Å². The number of unbranched alkanes of at least 4 members (excludes halogenated alkanes) is 11. The van der Waals surface area contributed by atoms with Crippen LogP contribution in [0.4, 0.5) is 0 Å². The van der Waals surface area contributed by atoms with E-state index in [-0.39, 0.29) is 11.9 Å². The van der Waals surface area contributed by atoms with Crippen molar-refractivity contribution in [3.05, 3.63) is 6.92 Å². The number of carbonyl (C=O) groups is 1. The first kappa shape index (κ1) is 24.5. The summed E-state index contributed by atoms with van der Waals surface area (Å²) in [5.41, 5.74) is 0. The highest BCUT2D eigenvalue weighted by molar-refractivity contribution is 5.76. The standard InChI is InChI=1S/C23H46NO/c1-5-22(6-2)24-23(25)20-18-16-14-12-10-8-7-9-11-13-15-17-19-21(3)4/h21-22H,1,5-20H2,2-4H3,(H,24,25). The molecule has 2 heteroatoms.